The normalized spacial score (nSPS) is 25.0. The highest BCUT2D eigenvalue weighted by Crippen LogP contribution is 2.43. The molecule has 122 valence electrons. The first-order valence-corrected chi connectivity index (χ1v) is 7.46. The zero-order valence-electron chi connectivity index (χ0n) is 12.6. The van der Waals surface area contributed by atoms with Gasteiger partial charge in [0.25, 0.3) is 0 Å². The monoisotopic (exact) mass is 319 g/mol. The Morgan fingerprint density at radius 1 is 1.57 bits per heavy atom. The van der Waals surface area contributed by atoms with Crippen LogP contribution in [0, 0.1) is 16.0 Å². The number of hydrogen-bond donors (Lipinski definition) is 1. The zero-order chi connectivity index (χ0) is 16.6. The Balaban J connectivity index is 2.09. The summed E-state index contributed by atoms with van der Waals surface area (Å²) in [5.41, 5.74) is -0.490. The largest absolute Gasteiger partial charge is 0.462 e. The van der Waals surface area contributed by atoms with Crippen molar-refractivity contribution in [2.24, 2.45) is 5.92 Å². The van der Waals surface area contributed by atoms with Gasteiger partial charge in [-0.15, -0.1) is 0 Å². The first-order valence-electron chi connectivity index (χ1n) is 7.46. The number of carbonyl (C=O) groups is 1. The average Bonchev–Trinajstić information content (AvgIpc) is 3.14. The van der Waals surface area contributed by atoms with E-state index in [9.17, 15) is 20.0 Å². The van der Waals surface area contributed by atoms with E-state index in [1.165, 1.54) is 12.3 Å². The number of nitro groups is 1. The number of rotatable bonds is 5. The Labute approximate surface area is 132 Å². The Hall–Kier alpha value is -2.48. The second kappa shape index (κ2) is 5.96. The molecule has 0 aromatic carbocycles. The van der Waals surface area contributed by atoms with Crippen molar-refractivity contribution in [3.63, 3.8) is 0 Å². The molecule has 0 spiro atoms. The van der Waals surface area contributed by atoms with Crippen LogP contribution in [-0.4, -0.2) is 46.3 Å². The fraction of sp³-hybridized carbons (Fsp3) is 0.467. The third-order valence-electron chi connectivity index (χ3n) is 4.32. The van der Waals surface area contributed by atoms with Crippen molar-refractivity contribution in [3.8, 4) is 0 Å². The van der Waals surface area contributed by atoms with Crippen molar-refractivity contribution in [3.05, 3.63) is 40.1 Å². The fourth-order valence-electron chi connectivity index (χ4n) is 3.37. The summed E-state index contributed by atoms with van der Waals surface area (Å²) < 4.78 is 4.90. The molecular weight excluding hydrogens is 302 g/mol. The van der Waals surface area contributed by atoms with Crippen LogP contribution in [0.5, 0.6) is 0 Å². The number of aromatic nitrogens is 1. The molecule has 1 aromatic heterocycles. The Kier molecular flexibility index (Phi) is 3.99. The van der Waals surface area contributed by atoms with Gasteiger partial charge in [-0.05, 0) is 19.4 Å². The minimum absolute atomic E-state index is 0.0548. The van der Waals surface area contributed by atoms with E-state index in [0.717, 1.165) is 6.42 Å². The van der Waals surface area contributed by atoms with Gasteiger partial charge in [0.05, 0.1) is 30.2 Å². The third kappa shape index (κ3) is 2.44. The summed E-state index contributed by atoms with van der Waals surface area (Å²) in [5, 5.41) is 21.2. The van der Waals surface area contributed by atoms with Crippen molar-refractivity contribution in [1.29, 1.82) is 0 Å². The quantitative estimate of drug-likeness (QED) is 0.377. The minimum atomic E-state index is -0.747. The number of ether oxygens (including phenoxy) is 1. The van der Waals surface area contributed by atoms with Crippen LogP contribution in [-0.2, 0) is 4.74 Å². The van der Waals surface area contributed by atoms with Gasteiger partial charge in [0.1, 0.15) is 5.56 Å². The molecule has 3 atom stereocenters. The van der Waals surface area contributed by atoms with Gasteiger partial charge in [0.2, 0.25) is 5.82 Å². The van der Waals surface area contributed by atoms with Crippen LogP contribution in [0.3, 0.4) is 0 Å². The van der Waals surface area contributed by atoms with Crippen molar-refractivity contribution < 1.29 is 19.6 Å². The molecule has 8 nitrogen and oxygen atoms in total. The van der Waals surface area contributed by atoms with Crippen molar-refractivity contribution in [1.82, 2.24) is 4.98 Å². The molecule has 2 aliphatic rings. The van der Waals surface area contributed by atoms with E-state index in [2.05, 4.69) is 4.98 Å². The number of pyridine rings is 1. The van der Waals surface area contributed by atoms with E-state index >= 15 is 0 Å². The topological polar surface area (TPSA) is 106 Å². The molecule has 1 aliphatic carbocycles. The Morgan fingerprint density at radius 3 is 3.00 bits per heavy atom. The molecule has 2 bridgehead atoms. The molecule has 1 fully saturated rings. The molecule has 0 amide bonds. The van der Waals surface area contributed by atoms with Crippen molar-refractivity contribution in [2.75, 3.05) is 18.1 Å². The summed E-state index contributed by atoms with van der Waals surface area (Å²) in [6.45, 7) is 1.63. The molecule has 1 N–H and O–H groups in total. The van der Waals surface area contributed by atoms with Gasteiger partial charge in [-0.2, -0.15) is 0 Å². The summed E-state index contributed by atoms with van der Waals surface area (Å²) >= 11 is 0. The smallest absolute Gasteiger partial charge is 0.345 e. The van der Waals surface area contributed by atoms with E-state index in [1.54, 1.807) is 11.8 Å². The number of anilines is 1. The maximum atomic E-state index is 12.0. The molecule has 1 aromatic rings. The van der Waals surface area contributed by atoms with Gasteiger partial charge in [0, 0.05) is 12.1 Å². The number of nitrogens with zero attached hydrogens (tertiary/aromatic N) is 3. The number of fused-ring (bicyclic) bond motifs is 2. The molecule has 0 radical (unpaired) electrons. The highest BCUT2D eigenvalue weighted by atomic mass is 16.6. The first kappa shape index (κ1) is 15.4. The summed E-state index contributed by atoms with van der Waals surface area (Å²) in [6.07, 6.45) is 6.12. The lowest BCUT2D eigenvalue weighted by Crippen LogP contribution is -2.42. The van der Waals surface area contributed by atoms with Gasteiger partial charge >= 0.3 is 11.7 Å². The summed E-state index contributed by atoms with van der Waals surface area (Å²) in [4.78, 5) is 28.8. The SMILES string of the molecule is CCOC(=O)c1ccnc(N2C3C=CC(C3)C2CO)c1[N+](=O)[O-]. The Morgan fingerprint density at radius 2 is 2.35 bits per heavy atom. The molecule has 3 rings (SSSR count). The molecule has 8 heteroatoms. The van der Waals surface area contributed by atoms with Crippen molar-refractivity contribution in [2.45, 2.75) is 25.4 Å². The number of aliphatic hydroxyl groups excluding tert-OH is 1. The van der Waals surface area contributed by atoms with Crippen LogP contribution in [0.1, 0.15) is 23.7 Å². The maximum Gasteiger partial charge on any atom is 0.345 e. The second-order valence-electron chi connectivity index (χ2n) is 5.52. The van der Waals surface area contributed by atoms with E-state index in [1.807, 2.05) is 12.2 Å². The van der Waals surface area contributed by atoms with Crippen LogP contribution in [0.2, 0.25) is 0 Å². The summed E-state index contributed by atoms with van der Waals surface area (Å²) in [6, 6.07) is 0.965. The molecule has 0 saturated carbocycles. The standard InChI is InChI=1S/C15H17N3O5/c1-2-23-15(20)11-5-6-16-14(13(11)18(21)22)17-10-4-3-9(7-10)12(17)8-19/h3-6,9-10,12,19H,2,7-8H2,1H3. The van der Waals surface area contributed by atoms with E-state index in [4.69, 9.17) is 4.74 Å². The summed E-state index contributed by atoms with van der Waals surface area (Å²) in [5.74, 6) is -0.502. The number of esters is 1. The lowest BCUT2D eigenvalue weighted by molar-refractivity contribution is -0.384. The van der Waals surface area contributed by atoms with Crippen LogP contribution >= 0.6 is 0 Å². The molecule has 23 heavy (non-hydrogen) atoms. The number of hydrogen-bond acceptors (Lipinski definition) is 7. The van der Waals surface area contributed by atoms with Gasteiger partial charge < -0.3 is 14.7 Å². The predicted molar refractivity (Wildman–Crippen MR) is 81.2 cm³/mol. The third-order valence-corrected chi connectivity index (χ3v) is 4.32. The fourth-order valence-corrected chi connectivity index (χ4v) is 3.37. The lowest BCUT2D eigenvalue weighted by Gasteiger charge is -2.32. The summed E-state index contributed by atoms with van der Waals surface area (Å²) in [7, 11) is 0. The highest BCUT2D eigenvalue weighted by Gasteiger charge is 2.46. The molecule has 1 saturated heterocycles. The number of carbonyl (C=O) groups excluding carboxylic acids is 1. The van der Waals surface area contributed by atoms with Crippen LogP contribution < -0.4 is 4.90 Å². The minimum Gasteiger partial charge on any atom is -0.462 e. The molecular formula is C15H17N3O5. The average molecular weight is 319 g/mol. The van der Waals surface area contributed by atoms with Gasteiger partial charge in [-0.1, -0.05) is 12.2 Å². The zero-order valence-corrected chi connectivity index (χ0v) is 12.6. The second-order valence-corrected chi connectivity index (χ2v) is 5.52. The maximum absolute atomic E-state index is 12.0. The predicted octanol–water partition coefficient (Wildman–Crippen LogP) is 1.29. The van der Waals surface area contributed by atoms with Crippen molar-refractivity contribution >= 4 is 17.5 Å². The highest BCUT2D eigenvalue weighted by molar-refractivity contribution is 5.96. The van der Waals surface area contributed by atoms with E-state index in [0.29, 0.717) is 0 Å². The molecule has 1 aliphatic heterocycles. The number of aliphatic hydroxyl groups is 1. The van der Waals surface area contributed by atoms with Crippen LogP contribution in [0.4, 0.5) is 11.5 Å². The van der Waals surface area contributed by atoms with E-state index < -0.39 is 10.9 Å². The van der Waals surface area contributed by atoms with Gasteiger partial charge in [-0.25, -0.2) is 9.78 Å². The van der Waals surface area contributed by atoms with Crippen LogP contribution in [0.25, 0.3) is 0 Å². The Bertz CT molecular complexity index is 675. The molecule has 2 heterocycles. The van der Waals surface area contributed by atoms with Crippen LogP contribution in [0.15, 0.2) is 24.4 Å². The van der Waals surface area contributed by atoms with E-state index in [-0.39, 0.29) is 48.3 Å². The molecule has 3 unspecified atom stereocenters. The van der Waals surface area contributed by atoms with Gasteiger partial charge in [0.15, 0.2) is 0 Å². The van der Waals surface area contributed by atoms with Gasteiger partial charge in [-0.3, -0.25) is 10.1 Å². The first-order chi connectivity index (χ1) is 11.1. The lowest BCUT2D eigenvalue weighted by atomic mass is 10.0.